The van der Waals surface area contributed by atoms with Crippen molar-refractivity contribution in [2.24, 2.45) is 0 Å². The summed E-state index contributed by atoms with van der Waals surface area (Å²) in [5.41, 5.74) is 4.07. The van der Waals surface area contributed by atoms with Crippen LogP contribution in [-0.4, -0.2) is 36.9 Å². The van der Waals surface area contributed by atoms with Gasteiger partial charge in [-0.1, -0.05) is 30.3 Å². The van der Waals surface area contributed by atoms with E-state index in [4.69, 9.17) is 14.2 Å². The van der Waals surface area contributed by atoms with Gasteiger partial charge in [-0.2, -0.15) is 0 Å². The third kappa shape index (κ3) is 4.86. The Hall–Kier alpha value is -3.51. The van der Waals surface area contributed by atoms with Crippen LogP contribution in [0.4, 0.5) is 11.4 Å². The van der Waals surface area contributed by atoms with Gasteiger partial charge in [0.05, 0.1) is 17.9 Å². The molecule has 1 unspecified atom stereocenters. The molecule has 1 N–H and O–H groups in total. The van der Waals surface area contributed by atoms with E-state index >= 15 is 0 Å². The van der Waals surface area contributed by atoms with Crippen LogP contribution in [0.1, 0.15) is 18.1 Å². The maximum Gasteiger partial charge on any atom is 0.333 e. The second kappa shape index (κ2) is 9.75. The van der Waals surface area contributed by atoms with E-state index in [0.717, 1.165) is 39.8 Å². The molecule has 0 amide bonds. The molecule has 1 aliphatic rings. The van der Waals surface area contributed by atoms with Crippen LogP contribution in [0.3, 0.4) is 0 Å². The van der Waals surface area contributed by atoms with Crippen LogP contribution in [0.15, 0.2) is 66.7 Å². The van der Waals surface area contributed by atoms with Gasteiger partial charge in [-0.15, -0.1) is 0 Å². The lowest BCUT2D eigenvalue weighted by Crippen LogP contribution is -2.26. The number of anilines is 2. The normalized spacial score (nSPS) is 13.0. The molecule has 3 aromatic carbocycles. The van der Waals surface area contributed by atoms with Gasteiger partial charge in [0.15, 0.2) is 17.6 Å². The molecular weight excluding hydrogens is 406 g/mol. The fourth-order valence-corrected chi connectivity index (χ4v) is 3.79. The molecule has 0 saturated heterocycles. The molecule has 6 heteroatoms. The largest absolute Gasteiger partial charge is 0.492 e. The summed E-state index contributed by atoms with van der Waals surface area (Å²) in [6.07, 6.45) is -0.513. The summed E-state index contributed by atoms with van der Waals surface area (Å²) in [6, 6.07) is 21.7. The highest BCUT2D eigenvalue weighted by Crippen LogP contribution is 2.46. The van der Waals surface area contributed by atoms with Crippen LogP contribution >= 0.6 is 0 Å². The minimum atomic E-state index is -0.951. The highest BCUT2D eigenvalue weighted by atomic mass is 16.5. The molecule has 6 nitrogen and oxygen atoms in total. The van der Waals surface area contributed by atoms with E-state index in [1.54, 1.807) is 6.92 Å². The Labute approximate surface area is 188 Å². The Morgan fingerprint density at radius 3 is 2.53 bits per heavy atom. The molecule has 0 bridgehead atoms. The lowest BCUT2D eigenvalue weighted by Gasteiger charge is -2.32. The van der Waals surface area contributed by atoms with E-state index in [0.29, 0.717) is 26.2 Å². The summed E-state index contributed by atoms with van der Waals surface area (Å²) in [4.78, 5) is 13.5. The second-order valence-corrected chi connectivity index (χ2v) is 7.67. The highest BCUT2D eigenvalue weighted by Gasteiger charge is 2.24. The van der Waals surface area contributed by atoms with Crippen molar-refractivity contribution in [3.63, 3.8) is 0 Å². The molecule has 32 heavy (non-hydrogen) atoms. The number of fused-ring (bicyclic) bond motifs is 2. The smallest absolute Gasteiger partial charge is 0.333 e. The molecule has 1 heterocycles. The van der Waals surface area contributed by atoms with Crippen molar-refractivity contribution in [3.8, 4) is 17.2 Å². The van der Waals surface area contributed by atoms with Gasteiger partial charge in [-0.25, -0.2) is 4.79 Å². The summed E-state index contributed by atoms with van der Waals surface area (Å²) in [5.74, 6) is 1.46. The Morgan fingerprint density at radius 2 is 1.78 bits per heavy atom. The van der Waals surface area contributed by atoms with E-state index < -0.39 is 12.1 Å². The van der Waals surface area contributed by atoms with Crippen LogP contribution in [0.25, 0.3) is 0 Å². The molecule has 1 aliphatic heterocycles. The second-order valence-electron chi connectivity index (χ2n) is 7.67. The molecule has 1 atom stereocenters. The van der Waals surface area contributed by atoms with E-state index in [2.05, 4.69) is 17.0 Å². The summed E-state index contributed by atoms with van der Waals surface area (Å²) in [7, 11) is 0. The third-order valence-corrected chi connectivity index (χ3v) is 5.35. The van der Waals surface area contributed by atoms with E-state index in [1.807, 2.05) is 61.5 Å². The predicted molar refractivity (Wildman–Crippen MR) is 123 cm³/mol. The molecule has 0 spiro atoms. The molecule has 0 radical (unpaired) electrons. The maximum absolute atomic E-state index is 11.3. The van der Waals surface area contributed by atoms with Gasteiger partial charge < -0.3 is 24.2 Å². The van der Waals surface area contributed by atoms with Gasteiger partial charge >= 0.3 is 5.97 Å². The maximum atomic E-state index is 11.3. The van der Waals surface area contributed by atoms with Crippen molar-refractivity contribution in [2.75, 3.05) is 24.7 Å². The van der Waals surface area contributed by atoms with Gasteiger partial charge in [0, 0.05) is 13.0 Å². The minimum Gasteiger partial charge on any atom is -0.492 e. The number of ether oxygens (including phenoxy) is 3. The van der Waals surface area contributed by atoms with Crippen molar-refractivity contribution in [3.05, 3.63) is 77.9 Å². The summed E-state index contributed by atoms with van der Waals surface area (Å²) in [5, 5.41) is 9.25. The predicted octanol–water partition coefficient (Wildman–Crippen LogP) is 5.35. The Kier molecular flexibility index (Phi) is 6.61. The number of hydrogen-bond donors (Lipinski definition) is 1. The summed E-state index contributed by atoms with van der Waals surface area (Å²) in [6.45, 7) is 5.35. The SMILES string of the molecule is CCOC(Cc1ccc(OCCN2c3ccccc3Oc3cc(C)ccc32)cc1)C(=O)O. The Bertz CT molecular complexity index is 1080. The average Bonchev–Trinajstić information content (AvgIpc) is 2.79. The Balaban J connectivity index is 1.41. The molecule has 4 rings (SSSR count). The van der Waals surface area contributed by atoms with Crippen molar-refractivity contribution in [1.29, 1.82) is 0 Å². The van der Waals surface area contributed by atoms with Crippen LogP contribution in [0.2, 0.25) is 0 Å². The first-order chi connectivity index (χ1) is 15.5. The number of rotatable bonds is 9. The van der Waals surface area contributed by atoms with Crippen LogP contribution in [0.5, 0.6) is 17.2 Å². The number of para-hydroxylation sites is 2. The van der Waals surface area contributed by atoms with Crippen molar-refractivity contribution < 1.29 is 24.1 Å². The topological polar surface area (TPSA) is 68.2 Å². The van der Waals surface area contributed by atoms with Crippen molar-refractivity contribution in [2.45, 2.75) is 26.4 Å². The first kappa shape index (κ1) is 21.7. The quantitative estimate of drug-likeness (QED) is 0.491. The lowest BCUT2D eigenvalue weighted by molar-refractivity contribution is -0.149. The zero-order valence-electron chi connectivity index (χ0n) is 18.3. The first-order valence-corrected chi connectivity index (χ1v) is 10.8. The fourth-order valence-electron chi connectivity index (χ4n) is 3.79. The summed E-state index contributed by atoms with van der Waals surface area (Å²) >= 11 is 0. The molecule has 166 valence electrons. The van der Waals surface area contributed by atoms with Gasteiger partial charge in [0.1, 0.15) is 12.4 Å². The highest BCUT2D eigenvalue weighted by molar-refractivity contribution is 5.78. The third-order valence-electron chi connectivity index (χ3n) is 5.35. The van der Waals surface area contributed by atoms with Crippen LogP contribution < -0.4 is 14.4 Å². The monoisotopic (exact) mass is 433 g/mol. The van der Waals surface area contributed by atoms with Crippen molar-refractivity contribution in [1.82, 2.24) is 0 Å². The number of carboxylic acid groups (broad SMARTS) is 1. The molecule has 0 aromatic heterocycles. The number of aliphatic carboxylic acids is 1. The number of nitrogens with zero attached hydrogens (tertiary/aromatic N) is 1. The molecule has 0 saturated carbocycles. The van der Waals surface area contributed by atoms with Crippen molar-refractivity contribution >= 4 is 17.3 Å². The van der Waals surface area contributed by atoms with Gasteiger partial charge in [0.2, 0.25) is 0 Å². The van der Waals surface area contributed by atoms with Crippen LogP contribution in [-0.2, 0) is 16.0 Å². The fraction of sp³-hybridized carbons (Fsp3) is 0.269. The molecule has 0 aliphatic carbocycles. The number of benzene rings is 3. The van der Waals surface area contributed by atoms with E-state index in [-0.39, 0.29) is 0 Å². The Morgan fingerprint density at radius 1 is 1.03 bits per heavy atom. The average molecular weight is 434 g/mol. The van der Waals surface area contributed by atoms with Gasteiger partial charge in [-0.05, 0) is 61.4 Å². The molecule has 0 fully saturated rings. The summed E-state index contributed by atoms with van der Waals surface area (Å²) < 4.78 is 17.4. The number of aryl methyl sites for hydroxylation is 1. The lowest BCUT2D eigenvalue weighted by atomic mass is 10.1. The number of carbonyl (C=O) groups is 1. The number of hydrogen-bond acceptors (Lipinski definition) is 5. The zero-order chi connectivity index (χ0) is 22.5. The molecule has 3 aromatic rings. The van der Waals surface area contributed by atoms with Gasteiger partial charge in [-0.3, -0.25) is 0 Å². The first-order valence-electron chi connectivity index (χ1n) is 10.8. The van der Waals surface area contributed by atoms with Gasteiger partial charge in [0.25, 0.3) is 0 Å². The van der Waals surface area contributed by atoms with E-state index in [1.165, 1.54) is 0 Å². The number of carboxylic acids is 1. The zero-order valence-corrected chi connectivity index (χ0v) is 18.3. The van der Waals surface area contributed by atoms with Crippen LogP contribution in [0, 0.1) is 6.92 Å². The standard InChI is InChI=1S/C26H27NO5/c1-3-30-25(26(28)29)17-19-9-11-20(12-10-19)31-15-14-27-21-6-4-5-7-23(21)32-24-16-18(2)8-13-22(24)27/h4-13,16,25H,3,14-15,17H2,1-2H3,(H,28,29). The molecular formula is C26H27NO5. The van der Waals surface area contributed by atoms with E-state index in [9.17, 15) is 9.90 Å². The minimum absolute atomic E-state index is 0.324.